The van der Waals surface area contributed by atoms with Crippen molar-refractivity contribution in [3.05, 3.63) is 0 Å². The molecule has 0 fully saturated rings. The summed E-state index contributed by atoms with van der Waals surface area (Å²) in [4.78, 5) is 0. The first-order chi connectivity index (χ1) is 0. The minimum atomic E-state index is 0. The van der Waals surface area contributed by atoms with Gasteiger partial charge < -0.3 is 43.8 Å². The van der Waals surface area contributed by atoms with Gasteiger partial charge in [-0.2, -0.15) is 0 Å². The normalized spacial score (nSPS) is 0. The molecule has 0 spiro atoms. The quantitative estimate of drug-likeness (QED) is 0.229. The van der Waals surface area contributed by atoms with E-state index in [0.29, 0.717) is 0 Å². The van der Waals surface area contributed by atoms with Crippen LogP contribution in [0.3, 0.4) is 0 Å². The summed E-state index contributed by atoms with van der Waals surface area (Å²) in [5.41, 5.74) is 0. The molecule has 4 N–H and O–H groups in total. The first-order valence-corrected chi connectivity index (χ1v) is 0. The van der Waals surface area contributed by atoms with Gasteiger partial charge in [0.05, 0.1) is 0 Å². The van der Waals surface area contributed by atoms with Crippen LogP contribution in [-0.4, -0.2) is 21.9 Å². The fourth-order valence-corrected chi connectivity index (χ4v) is 0. The van der Waals surface area contributed by atoms with Gasteiger partial charge in [0, 0.05) is 0 Å². The molecule has 0 atom stereocenters. The van der Waals surface area contributed by atoms with Crippen molar-refractivity contribution in [3.8, 4) is 0 Å². The van der Waals surface area contributed by atoms with E-state index in [0.717, 1.165) is 0 Å². The molecule has 0 aromatic rings. The van der Waals surface area contributed by atoms with Gasteiger partial charge in [0.25, 0.3) is 0 Å². The van der Waals surface area contributed by atoms with Crippen molar-refractivity contribution < 1.29 is 323 Å². The van der Waals surface area contributed by atoms with E-state index in [4.69, 9.17) is 0 Å². The molecule has 0 saturated heterocycles. The molecular formula is H4Ce3K3O8. The fourth-order valence-electron chi connectivity index (χ4n) is 0. The van der Waals surface area contributed by atoms with E-state index >= 15 is 0 Å². The van der Waals surface area contributed by atoms with Crippen LogP contribution in [0.5, 0.6) is 0 Å². The maximum Gasteiger partial charge on any atom is 3.00 e. The van der Waals surface area contributed by atoms with E-state index in [9.17, 15) is 0 Å². The van der Waals surface area contributed by atoms with Crippen LogP contribution in [0.25, 0.3) is 0 Å². The van der Waals surface area contributed by atoms with Gasteiger partial charge in [-0.25, -0.2) is 0 Å². The van der Waals surface area contributed by atoms with Gasteiger partial charge in [-0.05, 0) is 0 Å². The second-order valence-electron chi connectivity index (χ2n) is 0. The molecule has 0 unspecified atom stereocenters. The van der Waals surface area contributed by atoms with E-state index in [1.807, 2.05) is 0 Å². The number of hydrogen-bond donors (Lipinski definition) is 0. The Morgan fingerprint density at radius 3 is 0.286 bits per heavy atom. The maximum atomic E-state index is 0. The summed E-state index contributed by atoms with van der Waals surface area (Å²) in [7, 11) is 0. The van der Waals surface area contributed by atoms with Crippen LogP contribution >= 0.6 is 0 Å². The molecule has 0 aromatic heterocycles. The second kappa shape index (κ2) is 123. The van der Waals surface area contributed by atoms with Crippen molar-refractivity contribution in [2.24, 2.45) is 0 Å². The minimum Gasteiger partial charge on any atom is -2.00 e. The third-order valence-electron chi connectivity index (χ3n) is 0. The predicted molar refractivity (Wildman–Crippen MR) is 10.5 cm³/mol. The zero-order valence-electron chi connectivity index (χ0n) is 7.92. The number of hydrogen-bond acceptors (Lipinski definition) is 4. The fraction of sp³-hybridized carbons (Fsp3) is 0. The van der Waals surface area contributed by atoms with E-state index in [2.05, 4.69) is 0 Å². The Bertz CT molecular complexity index is 19.8. The summed E-state index contributed by atoms with van der Waals surface area (Å²) in [6.07, 6.45) is 0. The van der Waals surface area contributed by atoms with Crippen molar-refractivity contribution in [1.82, 2.24) is 0 Å². The summed E-state index contributed by atoms with van der Waals surface area (Å²) in [6.45, 7) is 0. The molecular weight excluding hydrogens is 666 g/mol. The summed E-state index contributed by atoms with van der Waals surface area (Å²) in [5.74, 6) is 0. The molecule has 14 heteroatoms. The van der Waals surface area contributed by atoms with Crippen molar-refractivity contribution in [3.63, 3.8) is 0 Å². The van der Waals surface area contributed by atoms with Crippen LogP contribution in [0.15, 0.2) is 0 Å². The van der Waals surface area contributed by atoms with Gasteiger partial charge in [0.1, 0.15) is 0 Å². The SMILES string of the molecule is [Ce+3].[Ce+3].[Ce+3].[K+].[K+].[K+].[O-2].[O-2].[O-2].[O-2].[OH-].[OH-].[OH-].[OH-]. The van der Waals surface area contributed by atoms with E-state index in [-0.39, 0.29) is 323 Å². The summed E-state index contributed by atoms with van der Waals surface area (Å²) in [6, 6.07) is 0. The van der Waals surface area contributed by atoms with Gasteiger partial charge in [0.15, 0.2) is 0 Å². The summed E-state index contributed by atoms with van der Waals surface area (Å²) < 4.78 is 0. The average molecular weight is 670 g/mol. The monoisotopic (exact) mass is 669 g/mol. The Balaban J connectivity index is 0. The topological polar surface area (TPSA) is 234 Å². The molecule has 0 saturated carbocycles. The average Bonchev–Trinajstić information content (AvgIpc) is 0. The summed E-state index contributed by atoms with van der Waals surface area (Å²) in [5, 5.41) is 0. The third-order valence-corrected chi connectivity index (χ3v) is 0. The largest absolute Gasteiger partial charge is 3.00 e. The zero-order valence-corrected chi connectivity index (χ0v) is 26.7. The van der Waals surface area contributed by atoms with Crippen molar-refractivity contribution in [2.45, 2.75) is 0 Å². The van der Waals surface area contributed by atoms with Gasteiger partial charge in [-0.3, -0.25) is 0 Å². The van der Waals surface area contributed by atoms with Crippen molar-refractivity contribution >= 4 is 0 Å². The molecule has 14 heavy (non-hydrogen) atoms. The smallest absolute Gasteiger partial charge is 2.00 e. The van der Waals surface area contributed by atoms with Gasteiger partial charge in [0.2, 0.25) is 0 Å². The maximum absolute atomic E-state index is 0. The molecule has 0 aromatic carbocycles. The molecule has 0 aliphatic carbocycles. The van der Waals surface area contributed by atoms with Gasteiger partial charge in [-0.1, -0.05) is 0 Å². The second-order valence-corrected chi connectivity index (χ2v) is 0. The molecule has 0 aliphatic rings. The van der Waals surface area contributed by atoms with Gasteiger partial charge in [-0.15, -0.1) is 0 Å². The Labute approximate surface area is 312 Å². The molecule has 0 aliphatic heterocycles. The predicted octanol–water partition coefficient (Wildman–Crippen LogP) is -10.2. The molecule has 67 valence electrons. The van der Waals surface area contributed by atoms with Crippen LogP contribution in [-0.2, 0) is 21.9 Å². The minimum absolute atomic E-state index is 0. The molecule has 0 bridgehead atoms. The Kier molecular flexibility index (Phi) is 1230. The van der Waals surface area contributed by atoms with Crippen LogP contribution in [0.4, 0.5) is 0 Å². The van der Waals surface area contributed by atoms with E-state index in [1.54, 1.807) is 0 Å². The Morgan fingerprint density at radius 1 is 0.286 bits per heavy atom. The van der Waals surface area contributed by atoms with Crippen LogP contribution in [0, 0.1) is 125 Å². The molecule has 0 heterocycles. The zero-order chi connectivity index (χ0) is 0. The van der Waals surface area contributed by atoms with Crippen molar-refractivity contribution in [2.75, 3.05) is 0 Å². The molecule has 8 nitrogen and oxygen atoms in total. The van der Waals surface area contributed by atoms with E-state index in [1.165, 1.54) is 0 Å². The van der Waals surface area contributed by atoms with Crippen LogP contribution in [0.2, 0.25) is 0 Å². The van der Waals surface area contributed by atoms with Crippen molar-refractivity contribution in [1.29, 1.82) is 0 Å². The standard InChI is InChI=1S/3Ce.3K.4H2O.4O/h;;;;;;4*1H2;;;;/q3*+3;3*+1;;;;;4*-2/p-4. The number of rotatable bonds is 0. The summed E-state index contributed by atoms with van der Waals surface area (Å²) >= 11 is 0. The molecule has 3 radical (unpaired) electrons. The Hall–Kier alpha value is 8.72. The molecule has 0 rings (SSSR count). The third kappa shape index (κ3) is 106. The first-order valence-electron chi connectivity index (χ1n) is 0. The van der Waals surface area contributed by atoms with Crippen LogP contribution in [0.1, 0.15) is 0 Å². The molecule has 0 amide bonds. The van der Waals surface area contributed by atoms with E-state index < -0.39 is 0 Å². The van der Waals surface area contributed by atoms with Crippen LogP contribution < -0.4 is 154 Å². The van der Waals surface area contributed by atoms with Gasteiger partial charge >= 0.3 is 279 Å². The first kappa shape index (κ1) is 141. The Morgan fingerprint density at radius 2 is 0.286 bits per heavy atom.